The summed E-state index contributed by atoms with van der Waals surface area (Å²) in [6.07, 6.45) is 3.49. The molecule has 4 heteroatoms. The highest BCUT2D eigenvalue weighted by Gasteiger charge is 2.21. The number of fused-ring (bicyclic) bond motifs is 1. The normalized spacial score (nSPS) is 15.3. The van der Waals surface area contributed by atoms with Crippen molar-refractivity contribution < 1.29 is 4.42 Å². The molecule has 0 aliphatic heterocycles. The van der Waals surface area contributed by atoms with E-state index in [1.807, 2.05) is 6.07 Å². The number of benzene rings is 1. The van der Waals surface area contributed by atoms with Crippen LogP contribution in [0.15, 0.2) is 38.3 Å². The van der Waals surface area contributed by atoms with Gasteiger partial charge in [-0.05, 0) is 24.5 Å². The fraction of sp³-hybridized carbons (Fsp3) is 0.385. The summed E-state index contributed by atoms with van der Waals surface area (Å²) < 4.78 is 6.29. The molecule has 0 bridgehead atoms. The molecule has 1 saturated carbocycles. The largest absolute Gasteiger partial charge is 0.422 e. The number of aryl methyl sites for hydroxylation is 1. The van der Waals surface area contributed by atoms with Crippen LogP contribution in [-0.4, -0.2) is 4.57 Å². The maximum absolute atomic E-state index is 11.7. The van der Waals surface area contributed by atoms with Crippen LogP contribution < -0.4 is 11.4 Å². The standard InChI is InChI=1S/C13H13NO3/c15-12-10-3-1-2-4-11(10)14(13(16)17-12)8-7-9-5-6-9/h1-4,9H,5-8H2. The van der Waals surface area contributed by atoms with E-state index in [4.69, 9.17) is 4.42 Å². The van der Waals surface area contributed by atoms with Crippen LogP contribution in [0.5, 0.6) is 0 Å². The summed E-state index contributed by atoms with van der Waals surface area (Å²) in [6.45, 7) is 0.633. The van der Waals surface area contributed by atoms with Crippen LogP contribution in [0.2, 0.25) is 0 Å². The molecule has 4 nitrogen and oxygen atoms in total. The summed E-state index contributed by atoms with van der Waals surface area (Å²) in [6, 6.07) is 7.08. The summed E-state index contributed by atoms with van der Waals surface area (Å²) in [5.41, 5.74) is 0.127. The molecule has 0 radical (unpaired) electrons. The van der Waals surface area contributed by atoms with Gasteiger partial charge >= 0.3 is 11.4 Å². The summed E-state index contributed by atoms with van der Waals surface area (Å²) in [5.74, 6) is 0.196. The zero-order chi connectivity index (χ0) is 11.8. The Morgan fingerprint density at radius 1 is 1.24 bits per heavy atom. The molecule has 2 aromatic rings. The molecular weight excluding hydrogens is 218 g/mol. The molecule has 1 heterocycles. The monoisotopic (exact) mass is 231 g/mol. The van der Waals surface area contributed by atoms with E-state index in [2.05, 4.69) is 0 Å². The van der Waals surface area contributed by atoms with E-state index in [0.29, 0.717) is 17.4 Å². The van der Waals surface area contributed by atoms with Crippen LogP contribution in [0.4, 0.5) is 0 Å². The van der Waals surface area contributed by atoms with Crippen molar-refractivity contribution in [3.8, 4) is 0 Å². The van der Waals surface area contributed by atoms with Gasteiger partial charge in [0.15, 0.2) is 0 Å². The SMILES string of the molecule is O=c1oc(=O)n(CCC2CC2)c2ccccc12. The molecule has 1 aliphatic carbocycles. The minimum atomic E-state index is -0.548. The minimum Gasteiger partial charge on any atom is -0.372 e. The second kappa shape index (κ2) is 3.87. The first-order valence-corrected chi connectivity index (χ1v) is 5.88. The van der Waals surface area contributed by atoms with E-state index in [1.165, 1.54) is 12.8 Å². The van der Waals surface area contributed by atoms with Crippen molar-refractivity contribution in [3.05, 3.63) is 45.2 Å². The summed E-state index contributed by atoms with van der Waals surface area (Å²) >= 11 is 0. The molecule has 1 aromatic heterocycles. The van der Waals surface area contributed by atoms with Gasteiger partial charge in [0.25, 0.3) is 0 Å². The van der Waals surface area contributed by atoms with Gasteiger partial charge in [0.2, 0.25) is 0 Å². The van der Waals surface area contributed by atoms with E-state index in [-0.39, 0.29) is 0 Å². The van der Waals surface area contributed by atoms with Gasteiger partial charge < -0.3 is 4.42 Å². The third-order valence-corrected chi connectivity index (χ3v) is 3.27. The van der Waals surface area contributed by atoms with Crippen LogP contribution in [0.25, 0.3) is 10.9 Å². The van der Waals surface area contributed by atoms with Crippen LogP contribution >= 0.6 is 0 Å². The molecule has 3 rings (SSSR count). The molecule has 17 heavy (non-hydrogen) atoms. The lowest BCUT2D eigenvalue weighted by Gasteiger charge is -2.07. The van der Waals surface area contributed by atoms with E-state index in [1.54, 1.807) is 22.8 Å². The molecule has 1 aromatic carbocycles. The van der Waals surface area contributed by atoms with Gasteiger partial charge in [-0.15, -0.1) is 0 Å². The Labute approximate surface area is 97.5 Å². The number of para-hydroxylation sites is 1. The third kappa shape index (κ3) is 1.90. The van der Waals surface area contributed by atoms with E-state index in [9.17, 15) is 9.59 Å². The van der Waals surface area contributed by atoms with Crippen molar-refractivity contribution in [2.75, 3.05) is 0 Å². The van der Waals surface area contributed by atoms with Crippen molar-refractivity contribution in [1.82, 2.24) is 4.57 Å². The highest BCUT2D eigenvalue weighted by atomic mass is 16.4. The van der Waals surface area contributed by atoms with Gasteiger partial charge in [0.05, 0.1) is 10.9 Å². The molecule has 0 N–H and O–H groups in total. The lowest BCUT2D eigenvalue weighted by Crippen LogP contribution is -2.25. The van der Waals surface area contributed by atoms with Crippen LogP contribution in [0.1, 0.15) is 19.3 Å². The minimum absolute atomic E-state index is 0.475. The van der Waals surface area contributed by atoms with Crippen molar-refractivity contribution >= 4 is 10.9 Å². The Morgan fingerprint density at radius 3 is 2.76 bits per heavy atom. The smallest absolute Gasteiger partial charge is 0.372 e. The molecule has 1 fully saturated rings. The molecule has 0 unspecified atom stereocenters. The van der Waals surface area contributed by atoms with E-state index < -0.39 is 11.4 Å². The molecule has 1 aliphatic rings. The van der Waals surface area contributed by atoms with E-state index >= 15 is 0 Å². The first kappa shape index (κ1) is 10.3. The molecule has 0 spiro atoms. The fourth-order valence-corrected chi connectivity index (χ4v) is 2.10. The second-order valence-electron chi connectivity index (χ2n) is 4.56. The van der Waals surface area contributed by atoms with Gasteiger partial charge in [-0.1, -0.05) is 25.0 Å². The third-order valence-electron chi connectivity index (χ3n) is 3.27. The number of nitrogens with zero attached hydrogens (tertiary/aromatic N) is 1. The first-order chi connectivity index (χ1) is 8.25. The Bertz CT molecular complexity index is 664. The number of hydrogen-bond donors (Lipinski definition) is 0. The topological polar surface area (TPSA) is 52.2 Å². The Balaban J connectivity index is 2.14. The van der Waals surface area contributed by atoms with Crippen molar-refractivity contribution in [2.24, 2.45) is 5.92 Å². The van der Waals surface area contributed by atoms with Crippen LogP contribution in [0, 0.1) is 5.92 Å². The average Bonchev–Trinajstić information content (AvgIpc) is 3.13. The lowest BCUT2D eigenvalue weighted by atomic mass is 10.2. The quantitative estimate of drug-likeness (QED) is 0.808. The Morgan fingerprint density at radius 2 is 2.00 bits per heavy atom. The van der Waals surface area contributed by atoms with Crippen molar-refractivity contribution in [3.63, 3.8) is 0 Å². The number of rotatable bonds is 3. The van der Waals surface area contributed by atoms with Gasteiger partial charge in [-0.2, -0.15) is 0 Å². The van der Waals surface area contributed by atoms with E-state index in [0.717, 1.165) is 12.3 Å². The van der Waals surface area contributed by atoms with Crippen molar-refractivity contribution in [1.29, 1.82) is 0 Å². The highest BCUT2D eigenvalue weighted by molar-refractivity contribution is 5.77. The maximum Gasteiger partial charge on any atom is 0.422 e. The number of hydrogen-bond acceptors (Lipinski definition) is 3. The predicted octanol–water partition coefficient (Wildman–Crippen LogP) is 1.75. The van der Waals surface area contributed by atoms with Gasteiger partial charge in [-0.3, -0.25) is 4.57 Å². The Hall–Kier alpha value is -1.84. The molecule has 0 atom stereocenters. The summed E-state index contributed by atoms with van der Waals surface area (Å²) in [7, 11) is 0. The fourth-order valence-electron chi connectivity index (χ4n) is 2.10. The molecule has 0 saturated heterocycles. The molecule has 88 valence electrons. The zero-order valence-corrected chi connectivity index (χ0v) is 9.39. The van der Waals surface area contributed by atoms with Gasteiger partial charge in [0.1, 0.15) is 0 Å². The number of aromatic nitrogens is 1. The zero-order valence-electron chi connectivity index (χ0n) is 9.39. The maximum atomic E-state index is 11.7. The molecular formula is C13H13NO3. The summed E-state index contributed by atoms with van der Waals surface area (Å²) in [5, 5.41) is 0.475. The van der Waals surface area contributed by atoms with Crippen LogP contribution in [0.3, 0.4) is 0 Å². The lowest BCUT2D eigenvalue weighted by molar-refractivity contribution is 0.408. The predicted molar refractivity (Wildman–Crippen MR) is 64.1 cm³/mol. The Kier molecular flexibility index (Phi) is 2.35. The first-order valence-electron chi connectivity index (χ1n) is 5.88. The second-order valence-corrected chi connectivity index (χ2v) is 4.56. The van der Waals surface area contributed by atoms with Gasteiger partial charge in [-0.25, -0.2) is 9.59 Å². The molecule has 0 amide bonds. The van der Waals surface area contributed by atoms with Crippen LogP contribution in [-0.2, 0) is 6.54 Å². The average molecular weight is 231 g/mol. The van der Waals surface area contributed by atoms with Crippen molar-refractivity contribution in [2.45, 2.75) is 25.8 Å². The summed E-state index contributed by atoms with van der Waals surface area (Å²) in [4.78, 5) is 23.2. The highest BCUT2D eigenvalue weighted by Crippen LogP contribution is 2.32. The van der Waals surface area contributed by atoms with Gasteiger partial charge in [0, 0.05) is 6.54 Å².